The summed E-state index contributed by atoms with van der Waals surface area (Å²) < 4.78 is 12.3. The van der Waals surface area contributed by atoms with Gasteiger partial charge in [-0.05, 0) is 44.2 Å². The number of hydrogen-bond acceptors (Lipinski definition) is 3. The molecule has 5 atom stereocenters. The maximum atomic E-state index is 12.6. The standard InChI is InChI=1S/C23H35NO3/c1-14(2)22(25)24-23(5)13-21(17-9-7-15(3)11-19(17)26-6)27-20-12-16(4)8-10-18(20)23/h7,9,11,14,16,18,20-21H,8,10,12-13H2,1-6H3,(H,24,25)/t16-,18-,20-,21-,23-/m1/s1. The van der Waals surface area contributed by atoms with Crippen LogP contribution < -0.4 is 10.1 Å². The molecule has 3 rings (SSSR count). The maximum absolute atomic E-state index is 12.6. The minimum atomic E-state index is -0.259. The van der Waals surface area contributed by atoms with Crippen LogP contribution in [-0.4, -0.2) is 24.7 Å². The minimum Gasteiger partial charge on any atom is -0.496 e. The van der Waals surface area contributed by atoms with Gasteiger partial charge in [-0.25, -0.2) is 0 Å². The molecule has 2 fully saturated rings. The van der Waals surface area contributed by atoms with Crippen molar-refractivity contribution in [3.8, 4) is 5.75 Å². The predicted octanol–water partition coefficient (Wildman–Crippen LogP) is 4.80. The molecule has 0 spiro atoms. The molecule has 27 heavy (non-hydrogen) atoms. The molecule has 1 amide bonds. The summed E-state index contributed by atoms with van der Waals surface area (Å²) >= 11 is 0. The van der Waals surface area contributed by atoms with E-state index in [1.165, 1.54) is 12.0 Å². The van der Waals surface area contributed by atoms with Gasteiger partial charge in [0, 0.05) is 29.4 Å². The summed E-state index contributed by atoms with van der Waals surface area (Å²) in [6.45, 7) is 10.5. The highest BCUT2D eigenvalue weighted by molar-refractivity contribution is 5.78. The molecule has 150 valence electrons. The average molecular weight is 374 g/mol. The van der Waals surface area contributed by atoms with Crippen LogP contribution in [0.2, 0.25) is 0 Å². The van der Waals surface area contributed by atoms with Crippen LogP contribution in [0.5, 0.6) is 5.75 Å². The summed E-state index contributed by atoms with van der Waals surface area (Å²) in [5.74, 6) is 2.02. The number of methoxy groups -OCH3 is 1. The van der Waals surface area contributed by atoms with E-state index in [1.54, 1.807) is 7.11 Å². The summed E-state index contributed by atoms with van der Waals surface area (Å²) in [5.41, 5.74) is 2.00. The van der Waals surface area contributed by atoms with Gasteiger partial charge in [0.25, 0.3) is 0 Å². The lowest BCUT2D eigenvalue weighted by Gasteiger charge is -2.52. The van der Waals surface area contributed by atoms with Crippen LogP contribution in [-0.2, 0) is 9.53 Å². The largest absolute Gasteiger partial charge is 0.496 e. The van der Waals surface area contributed by atoms with E-state index in [2.05, 4.69) is 44.3 Å². The van der Waals surface area contributed by atoms with E-state index in [-0.39, 0.29) is 29.6 Å². The van der Waals surface area contributed by atoms with Crippen molar-refractivity contribution in [2.45, 2.75) is 78.0 Å². The number of hydrogen-bond donors (Lipinski definition) is 1. The monoisotopic (exact) mass is 373 g/mol. The van der Waals surface area contributed by atoms with Gasteiger partial charge in [0.2, 0.25) is 5.91 Å². The number of carbonyl (C=O) groups excluding carboxylic acids is 1. The summed E-state index contributed by atoms with van der Waals surface area (Å²) in [6.07, 6.45) is 4.26. The molecule has 0 aromatic heterocycles. The van der Waals surface area contributed by atoms with Gasteiger partial charge in [-0.3, -0.25) is 4.79 Å². The average Bonchev–Trinajstić information content (AvgIpc) is 2.60. The van der Waals surface area contributed by atoms with Crippen molar-refractivity contribution in [3.05, 3.63) is 29.3 Å². The highest BCUT2D eigenvalue weighted by Gasteiger charge is 2.50. The Balaban J connectivity index is 1.94. The Morgan fingerprint density at radius 2 is 2.07 bits per heavy atom. The van der Waals surface area contributed by atoms with Crippen molar-refractivity contribution in [1.82, 2.24) is 5.32 Å². The first-order valence-corrected chi connectivity index (χ1v) is 10.4. The van der Waals surface area contributed by atoms with Crippen molar-refractivity contribution in [3.63, 3.8) is 0 Å². The van der Waals surface area contributed by atoms with E-state index >= 15 is 0 Å². The highest BCUT2D eigenvalue weighted by atomic mass is 16.5. The van der Waals surface area contributed by atoms with Crippen molar-refractivity contribution >= 4 is 5.91 Å². The summed E-state index contributed by atoms with van der Waals surface area (Å²) in [7, 11) is 1.71. The fourth-order valence-electron chi connectivity index (χ4n) is 4.84. The van der Waals surface area contributed by atoms with Crippen molar-refractivity contribution < 1.29 is 14.3 Å². The Hall–Kier alpha value is -1.55. The number of amides is 1. The third-order valence-electron chi connectivity index (χ3n) is 6.49. The third kappa shape index (κ3) is 4.16. The number of nitrogens with one attached hydrogen (secondary N) is 1. The van der Waals surface area contributed by atoms with E-state index in [9.17, 15) is 4.79 Å². The Labute approximate surface area is 164 Å². The van der Waals surface area contributed by atoms with Gasteiger partial charge in [-0.1, -0.05) is 39.3 Å². The van der Waals surface area contributed by atoms with Crippen LogP contribution in [0.25, 0.3) is 0 Å². The molecule has 1 saturated carbocycles. The SMILES string of the molecule is COc1cc(C)ccc1[C@H]1C[C@@](C)(NC(=O)C(C)C)[C@@H]2CC[C@@H](C)C[C@H]2O1. The van der Waals surface area contributed by atoms with Crippen molar-refractivity contribution in [1.29, 1.82) is 0 Å². The second-order valence-corrected chi connectivity index (χ2v) is 9.20. The predicted molar refractivity (Wildman–Crippen MR) is 108 cm³/mol. The molecule has 1 heterocycles. The van der Waals surface area contributed by atoms with Gasteiger partial charge >= 0.3 is 0 Å². The normalized spacial score (nSPS) is 33.4. The molecule has 1 N–H and O–H groups in total. The van der Waals surface area contributed by atoms with Crippen LogP contribution in [0.1, 0.15) is 70.6 Å². The van der Waals surface area contributed by atoms with E-state index in [4.69, 9.17) is 9.47 Å². The zero-order valence-electron chi connectivity index (χ0n) is 17.7. The van der Waals surface area contributed by atoms with Gasteiger partial charge in [-0.15, -0.1) is 0 Å². The number of carbonyl (C=O) groups is 1. The molecule has 4 nitrogen and oxygen atoms in total. The second-order valence-electron chi connectivity index (χ2n) is 9.20. The fourth-order valence-corrected chi connectivity index (χ4v) is 4.84. The van der Waals surface area contributed by atoms with Crippen LogP contribution in [0.3, 0.4) is 0 Å². The zero-order valence-corrected chi connectivity index (χ0v) is 17.7. The molecule has 1 saturated heterocycles. The first kappa shape index (κ1) is 20.2. The summed E-state index contributed by atoms with van der Waals surface area (Å²) in [4.78, 5) is 12.6. The number of aryl methyl sites for hydroxylation is 1. The second kappa shape index (κ2) is 7.83. The molecular formula is C23H35NO3. The Morgan fingerprint density at radius 3 is 2.74 bits per heavy atom. The Morgan fingerprint density at radius 1 is 1.33 bits per heavy atom. The number of ether oxygens (including phenoxy) is 2. The molecular weight excluding hydrogens is 338 g/mol. The maximum Gasteiger partial charge on any atom is 0.222 e. The first-order chi connectivity index (χ1) is 12.7. The van der Waals surface area contributed by atoms with Crippen LogP contribution in [0.4, 0.5) is 0 Å². The molecule has 0 radical (unpaired) electrons. The number of fused-ring (bicyclic) bond motifs is 1. The molecule has 1 aliphatic carbocycles. The Kier molecular flexibility index (Phi) is 5.85. The van der Waals surface area contributed by atoms with Gasteiger partial charge in [0.05, 0.1) is 19.3 Å². The molecule has 0 bridgehead atoms. The Bertz CT molecular complexity index is 686. The molecule has 0 unspecified atom stereocenters. The first-order valence-electron chi connectivity index (χ1n) is 10.4. The van der Waals surface area contributed by atoms with Crippen LogP contribution in [0.15, 0.2) is 18.2 Å². The molecule has 1 aliphatic heterocycles. The van der Waals surface area contributed by atoms with Crippen molar-refractivity contribution in [2.75, 3.05) is 7.11 Å². The van der Waals surface area contributed by atoms with Gasteiger partial charge in [-0.2, -0.15) is 0 Å². The number of benzene rings is 1. The number of rotatable bonds is 4. The molecule has 2 aliphatic rings. The van der Waals surface area contributed by atoms with Crippen LogP contribution >= 0.6 is 0 Å². The van der Waals surface area contributed by atoms with E-state index < -0.39 is 0 Å². The zero-order chi connectivity index (χ0) is 19.8. The molecule has 4 heteroatoms. The van der Waals surface area contributed by atoms with E-state index in [0.29, 0.717) is 11.8 Å². The summed E-state index contributed by atoms with van der Waals surface area (Å²) in [6, 6.07) is 6.30. The van der Waals surface area contributed by atoms with Crippen molar-refractivity contribution in [2.24, 2.45) is 17.8 Å². The van der Waals surface area contributed by atoms with Crippen LogP contribution in [0, 0.1) is 24.7 Å². The van der Waals surface area contributed by atoms with Gasteiger partial charge in [0.15, 0.2) is 0 Å². The molecule has 1 aromatic rings. The smallest absolute Gasteiger partial charge is 0.222 e. The lowest BCUT2D eigenvalue weighted by atomic mass is 9.66. The van der Waals surface area contributed by atoms with E-state index in [0.717, 1.165) is 30.6 Å². The lowest BCUT2D eigenvalue weighted by Crippen LogP contribution is -2.61. The summed E-state index contributed by atoms with van der Waals surface area (Å²) in [5, 5.41) is 3.40. The van der Waals surface area contributed by atoms with Gasteiger partial charge in [0.1, 0.15) is 5.75 Å². The van der Waals surface area contributed by atoms with Gasteiger partial charge < -0.3 is 14.8 Å². The topological polar surface area (TPSA) is 47.6 Å². The minimum absolute atomic E-state index is 0.0157. The third-order valence-corrected chi connectivity index (χ3v) is 6.49. The molecule has 1 aromatic carbocycles. The van der Waals surface area contributed by atoms with E-state index in [1.807, 2.05) is 13.8 Å². The lowest BCUT2D eigenvalue weighted by molar-refractivity contribution is -0.155. The highest BCUT2D eigenvalue weighted by Crippen LogP contribution is 2.49. The quantitative estimate of drug-likeness (QED) is 0.824. The fraction of sp³-hybridized carbons (Fsp3) is 0.696.